The van der Waals surface area contributed by atoms with E-state index in [1.807, 2.05) is 24.3 Å². The average Bonchev–Trinajstić information content (AvgIpc) is 3.23. The molecule has 1 amide bonds. The van der Waals surface area contributed by atoms with E-state index in [0.717, 1.165) is 18.8 Å². The molecule has 0 radical (unpaired) electrons. The Bertz CT molecular complexity index is 667. The Hall–Kier alpha value is -2.34. The fourth-order valence-electron chi connectivity index (χ4n) is 3.93. The predicted molar refractivity (Wildman–Crippen MR) is 87.7 cm³/mol. The summed E-state index contributed by atoms with van der Waals surface area (Å²) in [6, 6.07) is 10.1. The van der Waals surface area contributed by atoms with Crippen LogP contribution in [0.3, 0.4) is 0 Å². The normalized spacial score (nSPS) is 31.5. The van der Waals surface area contributed by atoms with E-state index in [9.17, 15) is 14.7 Å². The Morgan fingerprint density at radius 2 is 1.58 bits per heavy atom. The summed E-state index contributed by atoms with van der Waals surface area (Å²) in [5.74, 6) is -2.40. The number of anilines is 1. The highest BCUT2D eigenvalue weighted by atomic mass is 16.5. The zero-order valence-corrected chi connectivity index (χ0v) is 13.2. The van der Waals surface area contributed by atoms with Gasteiger partial charge in [0.15, 0.2) is 0 Å². The third-order valence-corrected chi connectivity index (χ3v) is 5.18. The molecule has 6 nitrogen and oxygen atoms in total. The van der Waals surface area contributed by atoms with Crippen molar-refractivity contribution in [2.45, 2.75) is 12.2 Å². The number of amides is 1. The second-order valence-corrected chi connectivity index (χ2v) is 6.49. The average molecular weight is 328 g/mol. The number of piperazine rings is 1. The highest BCUT2D eigenvalue weighted by molar-refractivity contribution is 5.87. The zero-order chi connectivity index (χ0) is 16.7. The minimum Gasteiger partial charge on any atom is -0.481 e. The van der Waals surface area contributed by atoms with Gasteiger partial charge in [-0.2, -0.15) is 0 Å². The molecule has 3 aliphatic heterocycles. The Labute approximate surface area is 140 Å². The first-order chi connectivity index (χ1) is 11.6. The molecule has 0 aromatic heterocycles. The van der Waals surface area contributed by atoms with E-state index in [-0.39, 0.29) is 5.91 Å². The molecule has 2 bridgehead atoms. The summed E-state index contributed by atoms with van der Waals surface area (Å²) >= 11 is 0. The van der Waals surface area contributed by atoms with Gasteiger partial charge >= 0.3 is 5.97 Å². The number of para-hydroxylation sites is 1. The highest BCUT2D eigenvalue weighted by Gasteiger charge is 2.54. The van der Waals surface area contributed by atoms with Gasteiger partial charge in [0.2, 0.25) is 5.91 Å². The predicted octanol–water partition coefficient (Wildman–Crippen LogP) is 0.989. The Kier molecular flexibility index (Phi) is 3.76. The first-order valence-corrected chi connectivity index (χ1v) is 8.30. The van der Waals surface area contributed by atoms with E-state index < -0.39 is 30.0 Å². The van der Waals surface area contributed by atoms with E-state index >= 15 is 0 Å². The molecule has 2 saturated heterocycles. The lowest BCUT2D eigenvalue weighted by Crippen LogP contribution is -2.53. The van der Waals surface area contributed by atoms with Gasteiger partial charge in [0.1, 0.15) is 5.92 Å². The molecule has 1 aromatic carbocycles. The van der Waals surface area contributed by atoms with Crippen LogP contribution in [0.4, 0.5) is 5.69 Å². The number of rotatable bonds is 3. The van der Waals surface area contributed by atoms with Crippen LogP contribution < -0.4 is 4.90 Å². The van der Waals surface area contributed by atoms with Crippen molar-refractivity contribution in [3.63, 3.8) is 0 Å². The lowest BCUT2D eigenvalue weighted by atomic mass is 9.82. The number of benzene rings is 1. The van der Waals surface area contributed by atoms with Crippen LogP contribution in [-0.2, 0) is 14.3 Å². The van der Waals surface area contributed by atoms with Crippen LogP contribution in [0.2, 0.25) is 0 Å². The number of nitrogens with zero attached hydrogens (tertiary/aromatic N) is 2. The molecule has 0 unspecified atom stereocenters. The summed E-state index contributed by atoms with van der Waals surface area (Å²) in [5.41, 5.74) is 1.15. The maximum absolute atomic E-state index is 12.9. The van der Waals surface area contributed by atoms with Crippen LogP contribution in [0.5, 0.6) is 0 Å². The second kappa shape index (κ2) is 5.94. The topological polar surface area (TPSA) is 70.1 Å². The standard InChI is InChI=1S/C18H20N2O4/c21-17(15-13-6-7-14(24-13)16(15)18(22)23)20-10-8-19(9-11-20)12-4-2-1-3-5-12/h1-7,13-16H,8-11H2,(H,22,23)/t13-,14-,15+,16+/m1/s1. The fraction of sp³-hybridized carbons (Fsp3) is 0.444. The second-order valence-electron chi connectivity index (χ2n) is 6.49. The molecule has 1 N–H and O–H groups in total. The first kappa shape index (κ1) is 15.2. The van der Waals surface area contributed by atoms with E-state index in [1.54, 1.807) is 11.0 Å². The number of carbonyl (C=O) groups is 2. The van der Waals surface area contributed by atoms with Gasteiger partial charge in [0, 0.05) is 31.9 Å². The quantitative estimate of drug-likeness (QED) is 0.838. The summed E-state index contributed by atoms with van der Waals surface area (Å²) in [7, 11) is 0. The molecule has 6 heteroatoms. The molecule has 3 heterocycles. The summed E-state index contributed by atoms with van der Waals surface area (Å²) in [6.45, 7) is 2.73. The van der Waals surface area contributed by atoms with Crippen LogP contribution in [0.25, 0.3) is 0 Å². The molecule has 1 aromatic rings. The van der Waals surface area contributed by atoms with Crippen molar-refractivity contribution in [2.75, 3.05) is 31.1 Å². The summed E-state index contributed by atoms with van der Waals surface area (Å²) in [5, 5.41) is 9.45. The third-order valence-electron chi connectivity index (χ3n) is 5.18. The lowest BCUT2D eigenvalue weighted by Gasteiger charge is -2.38. The number of hydrogen-bond acceptors (Lipinski definition) is 4. The molecular formula is C18H20N2O4. The Balaban J connectivity index is 1.43. The highest BCUT2D eigenvalue weighted by Crippen LogP contribution is 2.40. The van der Waals surface area contributed by atoms with Gasteiger partial charge in [-0.1, -0.05) is 30.4 Å². The number of aliphatic carboxylic acids is 1. The van der Waals surface area contributed by atoms with Crippen molar-refractivity contribution in [3.8, 4) is 0 Å². The number of carboxylic acid groups (broad SMARTS) is 1. The summed E-state index contributed by atoms with van der Waals surface area (Å²) in [4.78, 5) is 28.4. The number of carbonyl (C=O) groups excluding carboxylic acids is 1. The van der Waals surface area contributed by atoms with Gasteiger partial charge in [-0.3, -0.25) is 9.59 Å². The monoisotopic (exact) mass is 328 g/mol. The SMILES string of the molecule is O=C(O)[C@@H]1[C@@H](C(=O)N2CCN(c3ccccc3)CC2)[C@H]2C=C[C@H]1O2. The van der Waals surface area contributed by atoms with Crippen molar-refractivity contribution >= 4 is 17.6 Å². The summed E-state index contributed by atoms with van der Waals surface area (Å²) in [6.07, 6.45) is 2.73. The van der Waals surface area contributed by atoms with Crippen molar-refractivity contribution in [1.82, 2.24) is 4.90 Å². The number of ether oxygens (including phenoxy) is 1. The molecule has 4 atom stereocenters. The molecule has 3 aliphatic rings. The van der Waals surface area contributed by atoms with Crippen molar-refractivity contribution in [3.05, 3.63) is 42.5 Å². The molecule has 2 fully saturated rings. The van der Waals surface area contributed by atoms with Crippen LogP contribution in [0.15, 0.2) is 42.5 Å². The molecule has 0 aliphatic carbocycles. The molecule has 0 spiro atoms. The lowest BCUT2D eigenvalue weighted by molar-refractivity contribution is -0.149. The minimum atomic E-state index is -0.951. The van der Waals surface area contributed by atoms with Gasteiger partial charge in [0.05, 0.1) is 18.1 Å². The van der Waals surface area contributed by atoms with Gasteiger partial charge < -0.3 is 19.6 Å². The third kappa shape index (κ3) is 2.47. The van der Waals surface area contributed by atoms with Crippen molar-refractivity contribution in [1.29, 1.82) is 0 Å². The van der Waals surface area contributed by atoms with E-state index in [0.29, 0.717) is 13.1 Å². The maximum atomic E-state index is 12.9. The van der Waals surface area contributed by atoms with Gasteiger partial charge in [-0.05, 0) is 12.1 Å². The Morgan fingerprint density at radius 3 is 2.21 bits per heavy atom. The number of fused-ring (bicyclic) bond motifs is 2. The van der Waals surface area contributed by atoms with Crippen molar-refractivity contribution < 1.29 is 19.4 Å². The molecule has 126 valence electrons. The molecule has 0 saturated carbocycles. The number of carboxylic acids is 1. The zero-order valence-electron chi connectivity index (χ0n) is 13.2. The minimum absolute atomic E-state index is 0.0908. The van der Waals surface area contributed by atoms with E-state index in [4.69, 9.17) is 4.74 Å². The summed E-state index contributed by atoms with van der Waals surface area (Å²) < 4.78 is 5.61. The van der Waals surface area contributed by atoms with Gasteiger partial charge in [-0.25, -0.2) is 0 Å². The van der Waals surface area contributed by atoms with Crippen molar-refractivity contribution in [2.24, 2.45) is 11.8 Å². The van der Waals surface area contributed by atoms with Crippen LogP contribution in [0, 0.1) is 11.8 Å². The molecular weight excluding hydrogens is 308 g/mol. The number of hydrogen-bond donors (Lipinski definition) is 1. The fourth-order valence-corrected chi connectivity index (χ4v) is 3.93. The van der Waals surface area contributed by atoms with Crippen LogP contribution in [0.1, 0.15) is 0 Å². The van der Waals surface area contributed by atoms with Crippen LogP contribution in [-0.4, -0.2) is 60.3 Å². The maximum Gasteiger partial charge on any atom is 0.310 e. The van der Waals surface area contributed by atoms with Crippen LogP contribution >= 0.6 is 0 Å². The smallest absolute Gasteiger partial charge is 0.310 e. The van der Waals surface area contributed by atoms with E-state index in [1.165, 1.54) is 0 Å². The Morgan fingerprint density at radius 1 is 0.958 bits per heavy atom. The first-order valence-electron chi connectivity index (χ1n) is 8.30. The van der Waals surface area contributed by atoms with Gasteiger partial charge in [0.25, 0.3) is 0 Å². The van der Waals surface area contributed by atoms with E-state index in [2.05, 4.69) is 17.0 Å². The molecule has 4 rings (SSSR count). The molecule has 24 heavy (non-hydrogen) atoms. The van der Waals surface area contributed by atoms with Gasteiger partial charge in [-0.15, -0.1) is 0 Å². The largest absolute Gasteiger partial charge is 0.481 e.